The van der Waals surface area contributed by atoms with E-state index in [2.05, 4.69) is 80.2 Å². The Bertz CT molecular complexity index is 532. The van der Waals surface area contributed by atoms with Gasteiger partial charge in [-0.2, -0.15) is 0 Å². The van der Waals surface area contributed by atoms with Gasteiger partial charge in [0.15, 0.2) is 0 Å². The maximum atomic E-state index is 3.54. The van der Waals surface area contributed by atoms with Gasteiger partial charge in [-0.05, 0) is 51.0 Å². The van der Waals surface area contributed by atoms with Crippen molar-refractivity contribution >= 4 is 0 Å². The summed E-state index contributed by atoms with van der Waals surface area (Å²) >= 11 is 0. The van der Waals surface area contributed by atoms with Crippen LogP contribution in [0.15, 0.2) is 42.6 Å². The molecule has 0 saturated carbocycles. The van der Waals surface area contributed by atoms with Gasteiger partial charge >= 0.3 is 0 Å². The molecule has 1 N–H and O–H groups in total. The van der Waals surface area contributed by atoms with Gasteiger partial charge in [0.25, 0.3) is 0 Å². The molecule has 2 rings (SSSR count). The van der Waals surface area contributed by atoms with Gasteiger partial charge in [0, 0.05) is 30.5 Å². The highest BCUT2D eigenvalue weighted by Gasteiger charge is 2.10. The van der Waals surface area contributed by atoms with E-state index in [-0.39, 0.29) is 5.54 Å². The summed E-state index contributed by atoms with van der Waals surface area (Å²) in [5.41, 5.74) is 4.22. The van der Waals surface area contributed by atoms with E-state index in [9.17, 15) is 0 Å². The van der Waals surface area contributed by atoms with Crippen molar-refractivity contribution in [3.05, 3.63) is 59.4 Å². The highest BCUT2D eigenvalue weighted by atomic mass is 15.0. The maximum Gasteiger partial charge on any atom is 0.0476 e. The van der Waals surface area contributed by atoms with E-state index < -0.39 is 0 Å². The minimum Gasteiger partial charge on any atom is -0.346 e. The summed E-state index contributed by atoms with van der Waals surface area (Å²) in [6.45, 7) is 10.6. The van der Waals surface area contributed by atoms with Crippen molar-refractivity contribution in [3.8, 4) is 0 Å². The van der Waals surface area contributed by atoms with Crippen molar-refractivity contribution < 1.29 is 0 Å². The minimum atomic E-state index is 0.151. The molecule has 0 amide bonds. The van der Waals surface area contributed by atoms with Gasteiger partial charge in [-0.1, -0.05) is 24.3 Å². The van der Waals surface area contributed by atoms with E-state index in [0.717, 1.165) is 13.1 Å². The first-order chi connectivity index (χ1) is 8.96. The van der Waals surface area contributed by atoms with Crippen LogP contribution in [-0.4, -0.2) is 10.1 Å². The van der Waals surface area contributed by atoms with E-state index >= 15 is 0 Å². The number of hydrogen-bond acceptors (Lipinski definition) is 1. The molecule has 0 aliphatic heterocycles. The summed E-state index contributed by atoms with van der Waals surface area (Å²) in [7, 11) is 0. The molecule has 0 aliphatic carbocycles. The molecule has 0 bridgehead atoms. The molecular formula is C17H24N2. The van der Waals surface area contributed by atoms with Crippen molar-refractivity contribution in [2.24, 2.45) is 0 Å². The molecule has 102 valence electrons. The molecule has 2 aromatic rings. The number of aryl methyl sites for hydroxylation is 1. The van der Waals surface area contributed by atoms with Gasteiger partial charge in [0.2, 0.25) is 0 Å². The summed E-state index contributed by atoms with van der Waals surface area (Å²) in [5.74, 6) is 0. The van der Waals surface area contributed by atoms with Gasteiger partial charge in [-0.15, -0.1) is 0 Å². The number of hydrogen-bond donors (Lipinski definition) is 1. The quantitative estimate of drug-likeness (QED) is 0.882. The minimum absolute atomic E-state index is 0.151. The van der Waals surface area contributed by atoms with E-state index in [1.54, 1.807) is 0 Å². The second-order valence-electron chi connectivity index (χ2n) is 6.16. The third kappa shape index (κ3) is 3.97. The summed E-state index contributed by atoms with van der Waals surface area (Å²) in [5, 5.41) is 3.54. The first-order valence-corrected chi connectivity index (χ1v) is 6.89. The van der Waals surface area contributed by atoms with Crippen LogP contribution in [0.4, 0.5) is 0 Å². The zero-order valence-electron chi connectivity index (χ0n) is 12.4. The topological polar surface area (TPSA) is 17.0 Å². The van der Waals surface area contributed by atoms with E-state index in [0.29, 0.717) is 0 Å². The van der Waals surface area contributed by atoms with E-state index in [4.69, 9.17) is 0 Å². The predicted octanol–water partition coefficient (Wildman–Crippen LogP) is 3.73. The molecular weight excluding hydrogens is 232 g/mol. The molecule has 1 heterocycles. The number of benzene rings is 1. The van der Waals surface area contributed by atoms with E-state index in [1.807, 2.05) is 0 Å². The zero-order valence-corrected chi connectivity index (χ0v) is 12.4. The summed E-state index contributed by atoms with van der Waals surface area (Å²) in [6.07, 6.45) is 2.16. The van der Waals surface area contributed by atoms with Gasteiger partial charge in [0.1, 0.15) is 0 Å². The first-order valence-electron chi connectivity index (χ1n) is 6.89. The molecule has 0 unspecified atom stereocenters. The second kappa shape index (κ2) is 5.62. The lowest BCUT2D eigenvalue weighted by atomic mass is 10.1. The molecule has 2 nitrogen and oxygen atoms in total. The first kappa shape index (κ1) is 13.9. The SMILES string of the molecule is Cc1ccccc1Cn1cccc1CNC(C)(C)C. The molecule has 0 saturated heterocycles. The summed E-state index contributed by atoms with van der Waals surface area (Å²) < 4.78 is 2.32. The Labute approximate surface area is 116 Å². The summed E-state index contributed by atoms with van der Waals surface area (Å²) in [6, 6.07) is 12.9. The Kier molecular flexibility index (Phi) is 4.11. The molecule has 2 heteroatoms. The van der Waals surface area contributed by atoms with Gasteiger partial charge in [0.05, 0.1) is 0 Å². The van der Waals surface area contributed by atoms with Crippen LogP contribution in [0.2, 0.25) is 0 Å². The lowest BCUT2D eigenvalue weighted by Gasteiger charge is -2.21. The third-order valence-electron chi connectivity index (χ3n) is 3.33. The predicted molar refractivity (Wildman–Crippen MR) is 81.3 cm³/mol. The highest BCUT2D eigenvalue weighted by Crippen LogP contribution is 2.12. The molecule has 1 aromatic carbocycles. The van der Waals surface area contributed by atoms with Crippen molar-refractivity contribution in [1.29, 1.82) is 0 Å². The van der Waals surface area contributed by atoms with Crippen molar-refractivity contribution in [2.75, 3.05) is 0 Å². The number of rotatable bonds is 4. The standard InChI is InChI=1S/C17H24N2/c1-14-8-5-6-9-15(14)13-19-11-7-10-16(19)12-18-17(2,3)4/h5-11,18H,12-13H2,1-4H3. The third-order valence-corrected chi connectivity index (χ3v) is 3.33. The van der Waals surface area contributed by atoms with Crippen LogP contribution in [0.1, 0.15) is 37.6 Å². The zero-order chi connectivity index (χ0) is 13.9. The average molecular weight is 256 g/mol. The number of aromatic nitrogens is 1. The Morgan fingerprint density at radius 1 is 1.05 bits per heavy atom. The Morgan fingerprint density at radius 2 is 1.79 bits per heavy atom. The monoisotopic (exact) mass is 256 g/mol. The lowest BCUT2D eigenvalue weighted by Crippen LogP contribution is -2.35. The molecule has 19 heavy (non-hydrogen) atoms. The molecule has 0 spiro atoms. The number of nitrogens with zero attached hydrogens (tertiary/aromatic N) is 1. The lowest BCUT2D eigenvalue weighted by molar-refractivity contribution is 0.417. The molecule has 1 aromatic heterocycles. The molecule has 0 radical (unpaired) electrons. The fourth-order valence-corrected chi connectivity index (χ4v) is 2.09. The van der Waals surface area contributed by atoms with Gasteiger partial charge in [-0.3, -0.25) is 0 Å². The highest BCUT2D eigenvalue weighted by molar-refractivity contribution is 5.26. The second-order valence-corrected chi connectivity index (χ2v) is 6.16. The Morgan fingerprint density at radius 3 is 2.47 bits per heavy atom. The average Bonchev–Trinajstić information content (AvgIpc) is 2.76. The molecule has 0 fully saturated rings. The van der Waals surface area contributed by atoms with Crippen LogP contribution < -0.4 is 5.32 Å². The smallest absolute Gasteiger partial charge is 0.0476 e. The van der Waals surface area contributed by atoms with Crippen LogP contribution >= 0.6 is 0 Å². The van der Waals surface area contributed by atoms with Crippen LogP contribution in [0.5, 0.6) is 0 Å². The van der Waals surface area contributed by atoms with Gasteiger partial charge in [-0.25, -0.2) is 0 Å². The fourth-order valence-electron chi connectivity index (χ4n) is 2.09. The van der Waals surface area contributed by atoms with Crippen LogP contribution in [0.25, 0.3) is 0 Å². The Hall–Kier alpha value is -1.54. The van der Waals surface area contributed by atoms with Crippen molar-refractivity contribution in [2.45, 2.75) is 46.3 Å². The maximum absolute atomic E-state index is 3.54. The molecule has 0 atom stereocenters. The normalized spacial score (nSPS) is 11.8. The van der Waals surface area contributed by atoms with Crippen LogP contribution in [-0.2, 0) is 13.1 Å². The Balaban J connectivity index is 2.10. The summed E-state index contributed by atoms with van der Waals surface area (Å²) in [4.78, 5) is 0. The number of nitrogens with one attached hydrogen (secondary N) is 1. The van der Waals surface area contributed by atoms with Crippen LogP contribution in [0, 0.1) is 6.92 Å². The molecule has 0 aliphatic rings. The van der Waals surface area contributed by atoms with E-state index in [1.165, 1.54) is 16.8 Å². The van der Waals surface area contributed by atoms with Crippen LogP contribution in [0.3, 0.4) is 0 Å². The fraction of sp³-hybridized carbons (Fsp3) is 0.412. The largest absolute Gasteiger partial charge is 0.346 e. The van der Waals surface area contributed by atoms with Gasteiger partial charge < -0.3 is 9.88 Å². The van der Waals surface area contributed by atoms with Crippen molar-refractivity contribution in [1.82, 2.24) is 9.88 Å². The van der Waals surface area contributed by atoms with Crippen molar-refractivity contribution in [3.63, 3.8) is 0 Å².